The van der Waals surface area contributed by atoms with E-state index in [1.54, 1.807) is 39.0 Å². The lowest BCUT2D eigenvalue weighted by molar-refractivity contribution is -0.138. The Morgan fingerprint density at radius 1 is 1.14 bits per heavy atom. The number of benzene rings is 2. The molecule has 0 fully saturated rings. The van der Waals surface area contributed by atoms with E-state index in [0.717, 1.165) is 0 Å². The molecular formula is C20H19ClFN5O2. The zero-order valence-electron chi connectivity index (χ0n) is 16.1. The standard InChI is InChI=1S/C20H19ClFN5O2/c1-20(2,3)18(28)19(27-12-23-11-24-27)29-17-9-8-15(10-16(17)21)26-25-14-6-4-13(22)5-7-14/h4-12,19H,1-3H3. The fourth-order valence-corrected chi connectivity index (χ4v) is 2.55. The Labute approximate surface area is 172 Å². The predicted octanol–water partition coefficient (Wildman–Crippen LogP) is 5.68. The first kappa shape index (κ1) is 20.6. The Bertz CT molecular complexity index is 1010. The molecule has 0 radical (unpaired) electrons. The summed E-state index contributed by atoms with van der Waals surface area (Å²) in [6.07, 6.45) is 1.72. The van der Waals surface area contributed by atoms with Crippen LogP contribution in [0, 0.1) is 11.2 Å². The molecule has 150 valence electrons. The number of rotatable bonds is 6. The third kappa shape index (κ3) is 5.23. The number of hydrogen-bond acceptors (Lipinski definition) is 6. The molecule has 9 heteroatoms. The molecule has 0 aliphatic rings. The van der Waals surface area contributed by atoms with Crippen LogP contribution in [0.15, 0.2) is 65.3 Å². The van der Waals surface area contributed by atoms with Gasteiger partial charge in [-0.25, -0.2) is 14.1 Å². The van der Waals surface area contributed by atoms with Crippen molar-refractivity contribution in [2.24, 2.45) is 15.6 Å². The van der Waals surface area contributed by atoms with Crippen molar-refractivity contribution in [1.29, 1.82) is 0 Å². The van der Waals surface area contributed by atoms with Crippen LogP contribution in [0.4, 0.5) is 15.8 Å². The van der Waals surface area contributed by atoms with E-state index in [-0.39, 0.29) is 16.6 Å². The van der Waals surface area contributed by atoms with E-state index in [1.807, 2.05) is 0 Å². The molecule has 3 rings (SSSR count). The van der Waals surface area contributed by atoms with Crippen molar-refractivity contribution in [1.82, 2.24) is 14.8 Å². The Morgan fingerprint density at radius 2 is 1.79 bits per heavy atom. The summed E-state index contributed by atoms with van der Waals surface area (Å²) in [5, 5.41) is 12.4. The Kier molecular flexibility index (Phi) is 6.03. The second kappa shape index (κ2) is 8.48. The number of aromatic nitrogens is 3. The van der Waals surface area contributed by atoms with E-state index >= 15 is 0 Å². The van der Waals surface area contributed by atoms with Crippen molar-refractivity contribution in [3.63, 3.8) is 0 Å². The summed E-state index contributed by atoms with van der Waals surface area (Å²) in [6.45, 7) is 5.38. The summed E-state index contributed by atoms with van der Waals surface area (Å²) in [4.78, 5) is 16.7. The average Bonchev–Trinajstić information content (AvgIpc) is 3.20. The van der Waals surface area contributed by atoms with Crippen LogP contribution in [-0.2, 0) is 4.79 Å². The van der Waals surface area contributed by atoms with Crippen molar-refractivity contribution in [2.45, 2.75) is 27.0 Å². The van der Waals surface area contributed by atoms with Gasteiger partial charge in [-0.3, -0.25) is 4.79 Å². The molecule has 3 aromatic rings. The molecule has 0 aliphatic heterocycles. The molecule has 0 bridgehead atoms. The number of carbonyl (C=O) groups is 1. The van der Waals surface area contributed by atoms with Gasteiger partial charge in [-0.05, 0) is 42.5 Å². The van der Waals surface area contributed by atoms with Gasteiger partial charge in [0, 0.05) is 5.41 Å². The van der Waals surface area contributed by atoms with Crippen LogP contribution in [0.2, 0.25) is 5.02 Å². The van der Waals surface area contributed by atoms with Crippen LogP contribution < -0.4 is 4.74 Å². The highest BCUT2D eigenvalue weighted by atomic mass is 35.5. The number of carbonyl (C=O) groups excluding carboxylic acids is 1. The average molecular weight is 416 g/mol. The van der Waals surface area contributed by atoms with Crippen LogP contribution in [0.3, 0.4) is 0 Å². The summed E-state index contributed by atoms with van der Waals surface area (Å²) < 4.78 is 20.2. The lowest BCUT2D eigenvalue weighted by Gasteiger charge is -2.25. The molecule has 0 amide bonds. The van der Waals surface area contributed by atoms with Gasteiger partial charge >= 0.3 is 0 Å². The first-order chi connectivity index (χ1) is 13.7. The van der Waals surface area contributed by atoms with E-state index in [9.17, 15) is 9.18 Å². The number of Topliss-reactive ketones (excluding diaryl/α,β-unsaturated/α-hetero) is 1. The fourth-order valence-electron chi connectivity index (χ4n) is 2.33. The second-order valence-corrected chi connectivity index (χ2v) is 7.66. The first-order valence-corrected chi connectivity index (χ1v) is 9.14. The highest BCUT2D eigenvalue weighted by Gasteiger charge is 2.33. The van der Waals surface area contributed by atoms with Crippen molar-refractivity contribution in [3.8, 4) is 5.75 Å². The number of ketones is 1. The molecular weight excluding hydrogens is 397 g/mol. The maximum absolute atomic E-state index is 12.9. The predicted molar refractivity (Wildman–Crippen MR) is 106 cm³/mol. The highest BCUT2D eigenvalue weighted by Crippen LogP contribution is 2.33. The van der Waals surface area contributed by atoms with Crippen LogP contribution in [-0.4, -0.2) is 20.5 Å². The largest absolute Gasteiger partial charge is 0.460 e. The quantitative estimate of drug-likeness (QED) is 0.485. The van der Waals surface area contributed by atoms with Crippen molar-refractivity contribution < 1.29 is 13.9 Å². The second-order valence-electron chi connectivity index (χ2n) is 7.25. The van der Waals surface area contributed by atoms with Gasteiger partial charge in [-0.1, -0.05) is 32.4 Å². The molecule has 1 unspecified atom stereocenters. The lowest BCUT2D eigenvalue weighted by Crippen LogP contribution is -2.34. The van der Waals surface area contributed by atoms with Crippen molar-refractivity contribution in [3.05, 3.63) is 66.0 Å². The minimum absolute atomic E-state index is 0.181. The third-order valence-corrected chi connectivity index (χ3v) is 4.20. The molecule has 7 nitrogen and oxygen atoms in total. The van der Waals surface area contributed by atoms with Gasteiger partial charge in [0.15, 0.2) is 0 Å². The molecule has 0 N–H and O–H groups in total. The van der Waals surface area contributed by atoms with Crippen LogP contribution in [0.25, 0.3) is 0 Å². The summed E-state index contributed by atoms with van der Waals surface area (Å²) >= 11 is 6.32. The lowest BCUT2D eigenvalue weighted by atomic mass is 9.90. The molecule has 2 aromatic carbocycles. The maximum atomic E-state index is 12.9. The molecule has 29 heavy (non-hydrogen) atoms. The van der Waals surface area contributed by atoms with Gasteiger partial charge in [-0.15, -0.1) is 0 Å². The number of halogens is 2. The van der Waals surface area contributed by atoms with Gasteiger partial charge in [0.05, 0.1) is 16.4 Å². The summed E-state index contributed by atoms with van der Waals surface area (Å²) in [5.41, 5.74) is 0.322. The summed E-state index contributed by atoms with van der Waals surface area (Å²) in [5.74, 6) is -0.232. The number of ether oxygens (including phenoxy) is 1. The third-order valence-electron chi connectivity index (χ3n) is 3.90. The molecule has 1 heterocycles. The van der Waals surface area contributed by atoms with E-state index in [1.165, 1.54) is 41.6 Å². The molecule has 1 atom stereocenters. The normalized spacial score (nSPS) is 12.9. The minimum atomic E-state index is -1.01. The Morgan fingerprint density at radius 3 is 2.38 bits per heavy atom. The zero-order chi connectivity index (χ0) is 21.0. The Hall–Kier alpha value is -3.13. The van der Waals surface area contributed by atoms with Gasteiger partial charge in [0.2, 0.25) is 5.78 Å². The summed E-state index contributed by atoms with van der Waals surface area (Å²) in [6, 6.07) is 10.4. The monoisotopic (exact) mass is 415 g/mol. The number of hydrogen-bond donors (Lipinski definition) is 0. The minimum Gasteiger partial charge on any atom is -0.460 e. The van der Waals surface area contributed by atoms with Crippen molar-refractivity contribution >= 4 is 28.8 Å². The van der Waals surface area contributed by atoms with Gasteiger partial charge < -0.3 is 4.74 Å². The van der Waals surface area contributed by atoms with E-state index in [2.05, 4.69) is 20.3 Å². The Balaban J connectivity index is 1.81. The summed E-state index contributed by atoms with van der Waals surface area (Å²) in [7, 11) is 0. The van der Waals surface area contributed by atoms with E-state index in [0.29, 0.717) is 17.1 Å². The molecule has 0 aliphatic carbocycles. The van der Waals surface area contributed by atoms with Gasteiger partial charge in [-0.2, -0.15) is 15.3 Å². The van der Waals surface area contributed by atoms with Crippen molar-refractivity contribution in [2.75, 3.05) is 0 Å². The molecule has 1 aromatic heterocycles. The zero-order valence-corrected chi connectivity index (χ0v) is 16.8. The van der Waals surface area contributed by atoms with E-state index in [4.69, 9.17) is 16.3 Å². The SMILES string of the molecule is CC(C)(C)C(=O)C(Oc1ccc(N=Nc2ccc(F)cc2)cc1Cl)n1cncn1. The van der Waals surface area contributed by atoms with E-state index < -0.39 is 11.6 Å². The molecule has 0 saturated heterocycles. The molecule has 0 saturated carbocycles. The smallest absolute Gasteiger partial charge is 0.252 e. The fraction of sp³-hybridized carbons (Fsp3) is 0.250. The topological polar surface area (TPSA) is 81.7 Å². The van der Waals surface area contributed by atoms with Gasteiger partial charge in [0.1, 0.15) is 24.2 Å². The number of azo groups is 1. The highest BCUT2D eigenvalue weighted by molar-refractivity contribution is 6.32. The maximum Gasteiger partial charge on any atom is 0.252 e. The van der Waals surface area contributed by atoms with Crippen LogP contribution in [0.5, 0.6) is 5.75 Å². The first-order valence-electron chi connectivity index (χ1n) is 8.76. The van der Waals surface area contributed by atoms with Crippen LogP contribution in [0.1, 0.15) is 27.0 Å². The van der Waals surface area contributed by atoms with Gasteiger partial charge in [0.25, 0.3) is 6.23 Å². The molecule has 0 spiro atoms. The van der Waals surface area contributed by atoms with Crippen LogP contribution >= 0.6 is 11.6 Å². The number of nitrogens with zero attached hydrogens (tertiary/aromatic N) is 5.